The van der Waals surface area contributed by atoms with E-state index in [1.807, 2.05) is 0 Å². The summed E-state index contributed by atoms with van der Waals surface area (Å²) in [5.74, 6) is -2.72. The Labute approximate surface area is 190 Å². The van der Waals surface area contributed by atoms with Crippen molar-refractivity contribution >= 4 is 12.2 Å². The van der Waals surface area contributed by atoms with Gasteiger partial charge in [-0.2, -0.15) is 22.0 Å². The summed E-state index contributed by atoms with van der Waals surface area (Å²) in [6.45, 7) is 0.231. The molecule has 1 aliphatic heterocycles. The van der Waals surface area contributed by atoms with Crippen LogP contribution in [-0.4, -0.2) is 45.6 Å². The lowest BCUT2D eigenvalue weighted by Gasteiger charge is -2.41. The maximum Gasteiger partial charge on any atom is 0.401 e. The van der Waals surface area contributed by atoms with Gasteiger partial charge in [0.25, 0.3) is 11.8 Å². The van der Waals surface area contributed by atoms with Gasteiger partial charge >= 0.3 is 12.6 Å². The molecule has 7 nitrogen and oxygen atoms in total. The molecule has 12 heteroatoms. The lowest BCUT2D eigenvalue weighted by molar-refractivity contribution is -0.190. The fourth-order valence-electron chi connectivity index (χ4n) is 5.60. The molecule has 5 atom stereocenters. The molecule has 0 radical (unpaired) electrons. The van der Waals surface area contributed by atoms with Gasteiger partial charge in [-0.1, -0.05) is 12.5 Å². The molecule has 1 aromatic carbocycles. The van der Waals surface area contributed by atoms with Crippen LogP contribution < -0.4 is 5.73 Å². The lowest BCUT2D eigenvalue weighted by atomic mass is 9.76. The number of aldehydes is 1. The predicted octanol–water partition coefficient (Wildman–Crippen LogP) is 3.89. The fraction of sp³-hybridized carbons (Fsp3) is 0.545. The highest BCUT2D eigenvalue weighted by Gasteiger charge is 2.73. The number of amides is 1. The molecule has 2 saturated carbocycles. The average molecular weight is 484 g/mol. The summed E-state index contributed by atoms with van der Waals surface area (Å²) in [5.41, 5.74) is 5.40. The molecule has 3 aliphatic rings. The van der Waals surface area contributed by atoms with Gasteiger partial charge in [-0.05, 0) is 48.8 Å². The van der Waals surface area contributed by atoms with E-state index in [0.29, 0.717) is 36.0 Å². The summed E-state index contributed by atoms with van der Waals surface area (Å²) in [6, 6.07) is 3.53. The molecule has 2 aromatic rings. The topological polar surface area (TPSA) is 102 Å². The van der Waals surface area contributed by atoms with Crippen molar-refractivity contribution in [3.05, 3.63) is 35.2 Å². The number of hydrogen-bond acceptors (Lipinski definition) is 6. The van der Waals surface area contributed by atoms with E-state index in [1.54, 1.807) is 17.0 Å². The number of halogens is 5. The standard InChI is InChI=1S/C22H21F5N4O3/c23-17(24)19-30-29-18(34-19)10-4-5-11-8-31(20(33)13(11)6-10)15-3-1-2-12(16(15)28)14-7-21(14,9-32)22(25,26)27/h4-6,9,12,14-17H,1-3,7-8,28H2/t12?,14?,15?,16-,21?/m1/s1. The van der Waals surface area contributed by atoms with E-state index < -0.39 is 47.8 Å². The minimum Gasteiger partial charge on any atom is -0.415 e. The molecule has 2 heterocycles. The molecule has 2 fully saturated rings. The van der Waals surface area contributed by atoms with Gasteiger partial charge in [-0.3, -0.25) is 4.79 Å². The predicted molar refractivity (Wildman–Crippen MR) is 106 cm³/mol. The first-order valence-corrected chi connectivity index (χ1v) is 10.9. The summed E-state index contributed by atoms with van der Waals surface area (Å²) in [7, 11) is 0. The Hall–Kier alpha value is -2.89. The van der Waals surface area contributed by atoms with E-state index in [0.717, 1.165) is 0 Å². The second-order valence-corrected chi connectivity index (χ2v) is 9.26. The highest BCUT2D eigenvalue weighted by molar-refractivity contribution is 5.99. The van der Waals surface area contributed by atoms with Crippen molar-refractivity contribution in [3.8, 4) is 11.5 Å². The number of aromatic nitrogens is 2. The van der Waals surface area contributed by atoms with Crippen LogP contribution in [0.3, 0.4) is 0 Å². The van der Waals surface area contributed by atoms with Crippen molar-refractivity contribution in [2.75, 3.05) is 0 Å². The molecule has 0 saturated heterocycles. The second-order valence-electron chi connectivity index (χ2n) is 9.26. The van der Waals surface area contributed by atoms with E-state index >= 15 is 0 Å². The normalized spacial score (nSPS) is 31.1. The molecule has 1 aromatic heterocycles. The van der Waals surface area contributed by atoms with Gasteiger partial charge in [0.15, 0.2) is 0 Å². The van der Waals surface area contributed by atoms with Crippen molar-refractivity contribution in [3.63, 3.8) is 0 Å². The molecular weight excluding hydrogens is 463 g/mol. The monoisotopic (exact) mass is 484 g/mol. The number of carbonyl (C=O) groups is 2. The summed E-state index contributed by atoms with van der Waals surface area (Å²) >= 11 is 0. The van der Waals surface area contributed by atoms with E-state index in [-0.39, 0.29) is 31.0 Å². The third-order valence-corrected chi connectivity index (χ3v) is 7.51. The first-order valence-electron chi connectivity index (χ1n) is 10.9. The number of carbonyl (C=O) groups excluding carboxylic acids is 2. The molecule has 2 aliphatic carbocycles. The van der Waals surface area contributed by atoms with Gasteiger partial charge in [0, 0.05) is 29.8 Å². The van der Waals surface area contributed by atoms with Crippen molar-refractivity contribution in [2.45, 2.75) is 56.9 Å². The molecule has 5 rings (SSSR count). The fourth-order valence-corrected chi connectivity index (χ4v) is 5.60. The zero-order valence-corrected chi connectivity index (χ0v) is 17.8. The number of nitrogens with zero attached hydrogens (tertiary/aromatic N) is 3. The molecule has 34 heavy (non-hydrogen) atoms. The number of hydrogen-bond donors (Lipinski definition) is 1. The van der Waals surface area contributed by atoms with Crippen molar-refractivity contribution in [1.82, 2.24) is 15.1 Å². The SMILES string of the molecule is N[C@@H]1C(C2CC2(C=O)C(F)(F)F)CCCC1N1Cc2ccc(-c3nnc(C(F)F)o3)cc2C1=O. The van der Waals surface area contributed by atoms with Gasteiger partial charge in [0.1, 0.15) is 11.7 Å². The van der Waals surface area contributed by atoms with Crippen LogP contribution in [0.4, 0.5) is 22.0 Å². The van der Waals surface area contributed by atoms with Crippen molar-refractivity contribution < 1.29 is 36.0 Å². The van der Waals surface area contributed by atoms with Crippen LogP contribution in [0.25, 0.3) is 11.5 Å². The molecule has 1 amide bonds. The Bertz CT molecular complexity index is 1140. The quantitative estimate of drug-likeness (QED) is 0.510. The third-order valence-electron chi connectivity index (χ3n) is 7.51. The first kappa shape index (κ1) is 22.9. The van der Waals surface area contributed by atoms with E-state index in [1.165, 1.54) is 6.07 Å². The van der Waals surface area contributed by atoms with Gasteiger partial charge in [0.2, 0.25) is 5.89 Å². The Morgan fingerprint density at radius 1 is 1.24 bits per heavy atom. The smallest absolute Gasteiger partial charge is 0.401 e. The Morgan fingerprint density at radius 3 is 2.62 bits per heavy atom. The third kappa shape index (κ3) is 3.41. The van der Waals surface area contributed by atoms with E-state index in [2.05, 4.69) is 10.2 Å². The van der Waals surface area contributed by atoms with Crippen LogP contribution in [-0.2, 0) is 11.3 Å². The van der Waals surface area contributed by atoms with Crippen LogP contribution >= 0.6 is 0 Å². The Balaban J connectivity index is 1.36. The zero-order chi connectivity index (χ0) is 24.4. The first-order chi connectivity index (χ1) is 16.1. The van der Waals surface area contributed by atoms with Gasteiger partial charge in [0.05, 0.1) is 0 Å². The molecule has 4 unspecified atom stereocenters. The molecule has 182 valence electrons. The number of nitrogens with two attached hydrogens (primary N) is 1. The Morgan fingerprint density at radius 2 is 2.00 bits per heavy atom. The number of rotatable bonds is 5. The van der Waals surface area contributed by atoms with Crippen LogP contribution in [0.5, 0.6) is 0 Å². The molecule has 0 bridgehead atoms. The highest BCUT2D eigenvalue weighted by atomic mass is 19.4. The van der Waals surface area contributed by atoms with E-state index in [4.69, 9.17) is 10.2 Å². The summed E-state index contributed by atoms with van der Waals surface area (Å²) in [5, 5.41) is 6.88. The van der Waals surface area contributed by atoms with Gasteiger partial charge < -0.3 is 19.8 Å². The van der Waals surface area contributed by atoms with E-state index in [9.17, 15) is 31.5 Å². The van der Waals surface area contributed by atoms with Crippen molar-refractivity contribution in [1.29, 1.82) is 0 Å². The highest BCUT2D eigenvalue weighted by Crippen LogP contribution is 2.65. The maximum absolute atomic E-state index is 13.5. The minimum atomic E-state index is -4.62. The van der Waals surface area contributed by atoms with Crippen LogP contribution in [0.2, 0.25) is 0 Å². The maximum atomic E-state index is 13.5. The van der Waals surface area contributed by atoms with Crippen LogP contribution in [0.15, 0.2) is 22.6 Å². The molecular formula is C22H21F5N4O3. The van der Waals surface area contributed by atoms with Crippen LogP contribution in [0, 0.1) is 17.3 Å². The summed E-state index contributed by atoms with van der Waals surface area (Å²) in [6.07, 6.45) is -6.21. The van der Waals surface area contributed by atoms with Crippen LogP contribution in [0.1, 0.15) is 53.9 Å². The summed E-state index contributed by atoms with van der Waals surface area (Å²) < 4.78 is 70.9. The number of benzene rings is 1. The average Bonchev–Trinajstić information content (AvgIpc) is 3.18. The largest absolute Gasteiger partial charge is 0.415 e. The number of alkyl halides is 5. The summed E-state index contributed by atoms with van der Waals surface area (Å²) in [4.78, 5) is 26.1. The van der Waals surface area contributed by atoms with Gasteiger partial charge in [-0.25, -0.2) is 0 Å². The zero-order valence-electron chi connectivity index (χ0n) is 17.8. The van der Waals surface area contributed by atoms with Crippen molar-refractivity contribution in [2.24, 2.45) is 23.0 Å². The second kappa shape index (κ2) is 7.82. The Kier molecular flexibility index (Phi) is 5.26. The van der Waals surface area contributed by atoms with Gasteiger partial charge in [-0.15, -0.1) is 10.2 Å². The minimum absolute atomic E-state index is 0.00334. The lowest BCUT2D eigenvalue weighted by Crippen LogP contribution is -2.54. The molecule has 2 N–H and O–H groups in total. The molecule has 0 spiro atoms. The number of fused-ring (bicyclic) bond motifs is 1.